The molecule has 2 nitrogen and oxygen atoms in total. The molecule has 0 aliphatic carbocycles. The van der Waals surface area contributed by atoms with Gasteiger partial charge in [0.2, 0.25) is 0 Å². The van der Waals surface area contributed by atoms with Crippen molar-refractivity contribution in [2.24, 2.45) is 0 Å². The second-order valence-electron chi connectivity index (χ2n) is 5.58. The van der Waals surface area contributed by atoms with Crippen LogP contribution in [0.25, 0.3) is 0 Å². The summed E-state index contributed by atoms with van der Waals surface area (Å²) in [5, 5.41) is 3.43. The van der Waals surface area contributed by atoms with Crippen molar-refractivity contribution >= 4 is 5.69 Å². The molecule has 1 heterocycles. The van der Waals surface area contributed by atoms with Gasteiger partial charge in [0.25, 0.3) is 0 Å². The van der Waals surface area contributed by atoms with Gasteiger partial charge in [-0.2, -0.15) is 13.2 Å². The summed E-state index contributed by atoms with van der Waals surface area (Å²) in [5.41, 5.74) is 0.255. The molecule has 1 N–H and O–H groups in total. The van der Waals surface area contributed by atoms with Crippen molar-refractivity contribution < 1.29 is 13.2 Å². The summed E-state index contributed by atoms with van der Waals surface area (Å²) < 4.78 is 37.7. The fourth-order valence-corrected chi connectivity index (χ4v) is 2.61. The van der Waals surface area contributed by atoms with Crippen LogP contribution in [0.1, 0.15) is 32.3 Å². The maximum Gasteiger partial charge on any atom is 0.416 e. The molecule has 20 heavy (non-hydrogen) atoms. The van der Waals surface area contributed by atoms with E-state index in [1.807, 2.05) is 0 Å². The zero-order valence-electron chi connectivity index (χ0n) is 11.9. The van der Waals surface area contributed by atoms with E-state index >= 15 is 0 Å². The van der Waals surface area contributed by atoms with Crippen LogP contribution in [0, 0.1) is 0 Å². The van der Waals surface area contributed by atoms with E-state index in [-0.39, 0.29) is 6.04 Å². The second kappa shape index (κ2) is 6.04. The quantitative estimate of drug-likeness (QED) is 0.908. The van der Waals surface area contributed by atoms with Gasteiger partial charge >= 0.3 is 6.18 Å². The minimum Gasteiger partial charge on any atom is -0.368 e. The molecule has 1 unspecified atom stereocenters. The smallest absolute Gasteiger partial charge is 0.368 e. The molecule has 2 rings (SSSR count). The highest BCUT2D eigenvalue weighted by Gasteiger charge is 2.30. The average Bonchev–Trinajstić information content (AvgIpc) is 2.87. The molecule has 1 aromatic carbocycles. The van der Waals surface area contributed by atoms with Crippen molar-refractivity contribution in [1.29, 1.82) is 0 Å². The lowest BCUT2D eigenvalue weighted by molar-refractivity contribution is -0.137. The highest BCUT2D eigenvalue weighted by Crippen LogP contribution is 2.31. The number of nitrogens with one attached hydrogen (secondary N) is 1. The van der Waals surface area contributed by atoms with Gasteiger partial charge in [-0.3, -0.25) is 0 Å². The van der Waals surface area contributed by atoms with E-state index in [9.17, 15) is 13.2 Å². The largest absolute Gasteiger partial charge is 0.416 e. The van der Waals surface area contributed by atoms with Crippen LogP contribution in [-0.2, 0) is 6.18 Å². The van der Waals surface area contributed by atoms with Gasteiger partial charge in [-0.25, -0.2) is 0 Å². The lowest BCUT2D eigenvalue weighted by atomic mass is 10.1. The number of alkyl halides is 3. The predicted octanol–water partition coefficient (Wildman–Crippen LogP) is 3.67. The van der Waals surface area contributed by atoms with Crippen LogP contribution < -0.4 is 10.2 Å². The van der Waals surface area contributed by atoms with Gasteiger partial charge in [0.1, 0.15) is 0 Å². The van der Waals surface area contributed by atoms with Crippen LogP contribution in [0.5, 0.6) is 0 Å². The molecular formula is C15H21F3N2. The van der Waals surface area contributed by atoms with E-state index in [1.54, 1.807) is 12.1 Å². The summed E-state index contributed by atoms with van der Waals surface area (Å²) in [7, 11) is 0. The molecule has 112 valence electrons. The Morgan fingerprint density at radius 3 is 2.35 bits per heavy atom. The number of halogens is 3. The topological polar surface area (TPSA) is 15.3 Å². The van der Waals surface area contributed by atoms with E-state index in [4.69, 9.17) is 0 Å². The highest BCUT2D eigenvalue weighted by atomic mass is 19.4. The molecule has 1 aliphatic heterocycles. The average molecular weight is 286 g/mol. The fourth-order valence-electron chi connectivity index (χ4n) is 2.61. The van der Waals surface area contributed by atoms with E-state index < -0.39 is 11.7 Å². The summed E-state index contributed by atoms with van der Waals surface area (Å²) in [6.07, 6.45) is -1.97. The number of rotatable bonds is 4. The molecule has 1 saturated heterocycles. The third kappa shape index (κ3) is 3.66. The third-order valence-electron chi connectivity index (χ3n) is 3.73. The zero-order chi connectivity index (χ0) is 14.8. The molecule has 0 bridgehead atoms. The van der Waals surface area contributed by atoms with Gasteiger partial charge in [-0.1, -0.05) is 0 Å². The number of nitrogens with zero attached hydrogens (tertiary/aromatic N) is 1. The van der Waals surface area contributed by atoms with Crippen LogP contribution in [0.3, 0.4) is 0 Å². The second-order valence-corrected chi connectivity index (χ2v) is 5.58. The van der Waals surface area contributed by atoms with Crippen LogP contribution in [0.4, 0.5) is 18.9 Å². The molecule has 1 atom stereocenters. The maximum absolute atomic E-state index is 12.6. The predicted molar refractivity (Wildman–Crippen MR) is 75.0 cm³/mol. The summed E-state index contributed by atoms with van der Waals surface area (Å²) in [4.78, 5) is 2.16. The molecule has 0 amide bonds. The summed E-state index contributed by atoms with van der Waals surface area (Å²) in [5.74, 6) is 0. The molecular weight excluding hydrogens is 265 g/mol. The Hall–Kier alpha value is -1.23. The van der Waals surface area contributed by atoms with Crippen LogP contribution in [0.15, 0.2) is 24.3 Å². The van der Waals surface area contributed by atoms with Gasteiger partial charge in [0.05, 0.1) is 5.56 Å². The van der Waals surface area contributed by atoms with E-state index in [1.165, 1.54) is 6.42 Å². The first kappa shape index (κ1) is 15.2. The van der Waals surface area contributed by atoms with Crippen molar-refractivity contribution in [1.82, 2.24) is 5.32 Å². The highest BCUT2D eigenvalue weighted by molar-refractivity contribution is 5.49. The summed E-state index contributed by atoms with van der Waals surface area (Å²) in [6, 6.07) is 6.14. The van der Waals surface area contributed by atoms with E-state index in [0.717, 1.165) is 37.3 Å². The van der Waals surface area contributed by atoms with Crippen molar-refractivity contribution in [3.63, 3.8) is 0 Å². The van der Waals surface area contributed by atoms with Gasteiger partial charge in [0.15, 0.2) is 0 Å². The Labute approximate surface area is 118 Å². The van der Waals surface area contributed by atoms with Crippen molar-refractivity contribution in [3.8, 4) is 0 Å². The van der Waals surface area contributed by atoms with Crippen molar-refractivity contribution in [2.75, 3.05) is 18.0 Å². The zero-order valence-corrected chi connectivity index (χ0v) is 11.9. The normalized spacial score (nSPS) is 19.6. The minimum atomic E-state index is -4.27. The van der Waals surface area contributed by atoms with Crippen LogP contribution in [0.2, 0.25) is 0 Å². The first-order valence-electron chi connectivity index (χ1n) is 7.05. The lowest BCUT2D eigenvalue weighted by Gasteiger charge is -2.32. The number of anilines is 1. The Morgan fingerprint density at radius 1 is 1.25 bits per heavy atom. The molecule has 1 fully saturated rings. The Morgan fingerprint density at radius 2 is 1.90 bits per heavy atom. The summed E-state index contributed by atoms with van der Waals surface area (Å²) in [6.45, 7) is 5.99. The number of hydrogen-bond acceptors (Lipinski definition) is 2. The van der Waals surface area contributed by atoms with Gasteiger partial charge in [-0.05, 0) is 57.5 Å². The summed E-state index contributed by atoms with van der Waals surface area (Å²) >= 11 is 0. The maximum atomic E-state index is 12.6. The third-order valence-corrected chi connectivity index (χ3v) is 3.73. The minimum absolute atomic E-state index is 0.258. The van der Waals surface area contributed by atoms with Gasteiger partial charge < -0.3 is 10.2 Å². The number of hydrogen-bond donors (Lipinski definition) is 1. The molecule has 0 saturated carbocycles. The Kier molecular flexibility index (Phi) is 4.58. The fraction of sp³-hybridized carbons (Fsp3) is 0.600. The monoisotopic (exact) mass is 286 g/mol. The van der Waals surface area contributed by atoms with E-state index in [0.29, 0.717) is 6.04 Å². The molecule has 1 aliphatic rings. The first-order chi connectivity index (χ1) is 9.38. The number of benzene rings is 1. The van der Waals surface area contributed by atoms with Crippen molar-refractivity contribution in [2.45, 2.75) is 44.9 Å². The van der Waals surface area contributed by atoms with Crippen molar-refractivity contribution in [3.05, 3.63) is 29.8 Å². The molecule has 0 aromatic heterocycles. The Balaban J connectivity index is 2.12. The SMILES string of the molecule is CC(C)N(CC1CCCN1)c1ccc(C(F)(F)F)cc1. The van der Waals surface area contributed by atoms with Crippen LogP contribution in [-0.4, -0.2) is 25.2 Å². The molecule has 1 aromatic rings. The van der Waals surface area contributed by atoms with E-state index in [2.05, 4.69) is 24.1 Å². The lowest BCUT2D eigenvalue weighted by Crippen LogP contribution is -2.41. The molecule has 5 heteroatoms. The first-order valence-corrected chi connectivity index (χ1v) is 7.05. The molecule has 0 spiro atoms. The Bertz CT molecular complexity index is 420. The van der Waals surface area contributed by atoms with Gasteiger partial charge in [0, 0.05) is 24.3 Å². The standard InChI is InChI=1S/C15H21F3N2/c1-11(2)20(10-13-4-3-9-19-13)14-7-5-12(6-8-14)15(16,17)18/h5-8,11,13,19H,3-4,9-10H2,1-2H3. The van der Waals surface area contributed by atoms with Crippen LogP contribution >= 0.6 is 0 Å². The van der Waals surface area contributed by atoms with Gasteiger partial charge in [-0.15, -0.1) is 0 Å². The molecule has 0 radical (unpaired) electrons.